The number of hydrogen-bond acceptors (Lipinski definition) is 2. The van der Waals surface area contributed by atoms with Crippen LogP contribution in [0.2, 0.25) is 5.02 Å². The van der Waals surface area contributed by atoms with E-state index in [1.807, 2.05) is 18.2 Å². The van der Waals surface area contributed by atoms with Crippen LogP contribution >= 0.6 is 11.6 Å². The van der Waals surface area contributed by atoms with E-state index in [-0.39, 0.29) is 17.8 Å². The largest absolute Gasteiger partial charge is 0.457 e. The Morgan fingerprint density at radius 1 is 0.971 bits per heavy atom. The van der Waals surface area contributed by atoms with Crippen molar-refractivity contribution in [3.05, 3.63) is 112 Å². The summed E-state index contributed by atoms with van der Waals surface area (Å²) >= 11 is 6.38. The first kappa shape index (κ1) is 24.4. The van der Waals surface area contributed by atoms with Crippen molar-refractivity contribution in [2.24, 2.45) is 0 Å². The lowest BCUT2D eigenvalue weighted by Crippen LogP contribution is -2.24. The molecule has 0 unspecified atom stereocenters. The monoisotopic (exact) mass is 498 g/mol. The van der Waals surface area contributed by atoms with Crippen LogP contribution in [0.3, 0.4) is 0 Å². The third-order valence-corrected chi connectivity index (χ3v) is 5.95. The second kappa shape index (κ2) is 9.88. The summed E-state index contributed by atoms with van der Waals surface area (Å²) in [6.07, 6.45) is -4.53. The van der Waals surface area contributed by atoms with E-state index >= 15 is 0 Å². The van der Waals surface area contributed by atoms with Crippen LogP contribution in [0, 0.1) is 13.8 Å². The molecular weight excluding hydrogens is 477 g/mol. The number of ether oxygens (including phenoxy) is 1. The van der Waals surface area contributed by atoms with E-state index in [1.165, 1.54) is 22.8 Å². The molecule has 0 fully saturated rings. The third-order valence-electron chi connectivity index (χ3n) is 5.60. The number of aryl methyl sites for hydroxylation is 1. The molecule has 0 atom stereocenters. The summed E-state index contributed by atoms with van der Waals surface area (Å²) in [4.78, 5) is 13.1. The molecule has 0 spiro atoms. The lowest BCUT2D eigenvalue weighted by molar-refractivity contribution is -0.137. The van der Waals surface area contributed by atoms with Gasteiger partial charge in [0.2, 0.25) is 0 Å². The van der Waals surface area contributed by atoms with Gasteiger partial charge >= 0.3 is 6.18 Å². The highest BCUT2D eigenvalue weighted by Crippen LogP contribution is 2.35. The second-order valence-corrected chi connectivity index (χ2v) is 8.36. The number of nitrogens with one attached hydrogen (secondary N) is 1. The van der Waals surface area contributed by atoms with Gasteiger partial charge in [0.15, 0.2) is 0 Å². The molecule has 1 N–H and O–H groups in total. The van der Waals surface area contributed by atoms with Crippen LogP contribution in [-0.2, 0) is 12.7 Å². The molecule has 0 radical (unpaired) electrons. The minimum absolute atomic E-state index is 0.0290. The number of halogens is 4. The van der Waals surface area contributed by atoms with E-state index in [1.54, 1.807) is 50.2 Å². The average Bonchev–Trinajstić information content (AvgIpc) is 3.12. The van der Waals surface area contributed by atoms with Crippen LogP contribution in [0.15, 0.2) is 78.9 Å². The summed E-state index contributed by atoms with van der Waals surface area (Å²) in [7, 11) is 0. The number of rotatable bonds is 6. The van der Waals surface area contributed by atoms with Gasteiger partial charge in [0.1, 0.15) is 11.5 Å². The number of hydrogen-bond donors (Lipinski definition) is 1. The van der Waals surface area contributed by atoms with Gasteiger partial charge < -0.3 is 14.6 Å². The summed E-state index contributed by atoms with van der Waals surface area (Å²) < 4.78 is 48.1. The fourth-order valence-corrected chi connectivity index (χ4v) is 4.19. The smallest absolute Gasteiger partial charge is 0.418 e. The number of carbonyl (C=O) groups is 1. The van der Waals surface area contributed by atoms with Gasteiger partial charge in [0, 0.05) is 28.5 Å². The Labute approximate surface area is 205 Å². The van der Waals surface area contributed by atoms with Gasteiger partial charge in [-0.15, -0.1) is 0 Å². The molecule has 4 aromatic rings. The van der Waals surface area contributed by atoms with Crippen LogP contribution in [0.25, 0.3) is 5.69 Å². The number of carbonyl (C=O) groups excluding carboxylic acids is 1. The van der Waals surface area contributed by atoms with Gasteiger partial charge in [0.05, 0.1) is 16.8 Å². The average molecular weight is 499 g/mol. The number of aromatic nitrogens is 1. The molecule has 4 rings (SSSR count). The zero-order chi connectivity index (χ0) is 25.2. The molecule has 180 valence electrons. The van der Waals surface area contributed by atoms with Crippen LogP contribution in [0.5, 0.6) is 11.5 Å². The molecule has 0 aliphatic heterocycles. The van der Waals surface area contributed by atoms with Gasteiger partial charge in [-0.3, -0.25) is 4.79 Å². The van der Waals surface area contributed by atoms with E-state index in [0.717, 1.165) is 6.07 Å². The molecule has 4 nitrogen and oxygen atoms in total. The van der Waals surface area contributed by atoms with Crippen molar-refractivity contribution in [3.8, 4) is 17.2 Å². The maximum atomic E-state index is 13.6. The third kappa shape index (κ3) is 5.20. The number of amides is 1. The molecule has 8 heteroatoms. The summed E-state index contributed by atoms with van der Waals surface area (Å²) in [5.41, 5.74) is 0.970. The van der Waals surface area contributed by atoms with E-state index in [9.17, 15) is 18.0 Å². The first-order valence-corrected chi connectivity index (χ1v) is 11.2. The minimum Gasteiger partial charge on any atom is -0.457 e. The van der Waals surface area contributed by atoms with Crippen LogP contribution < -0.4 is 10.1 Å². The first-order valence-electron chi connectivity index (χ1n) is 10.8. The number of alkyl halides is 3. The van der Waals surface area contributed by atoms with Gasteiger partial charge in [0.25, 0.3) is 5.91 Å². The topological polar surface area (TPSA) is 43.3 Å². The van der Waals surface area contributed by atoms with Gasteiger partial charge in [-0.05, 0) is 56.3 Å². The van der Waals surface area contributed by atoms with Crippen LogP contribution in [0.4, 0.5) is 13.2 Å². The van der Waals surface area contributed by atoms with E-state index in [2.05, 4.69) is 5.32 Å². The van der Waals surface area contributed by atoms with E-state index < -0.39 is 17.6 Å². The summed E-state index contributed by atoms with van der Waals surface area (Å²) in [6, 6.07) is 21.2. The predicted molar refractivity (Wildman–Crippen MR) is 129 cm³/mol. The fraction of sp³-hybridized carbons (Fsp3) is 0.148. The molecule has 1 aromatic heterocycles. The highest BCUT2D eigenvalue weighted by atomic mass is 35.5. The highest BCUT2D eigenvalue weighted by Gasteiger charge is 2.34. The van der Waals surface area contributed by atoms with Crippen LogP contribution in [0.1, 0.15) is 32.9 Å². The quantitative estimate of drug-likeness (QED) is 0.299. The zero-order valence-corrected chi connectivity index (χ0v) is 19.7. The number of nitrogens with zero attached hydrogens (tertiary/aromatic N) is 1. The lowest BCUT2D eigenvalue weighted by Gasteiger charge is -2.17. The lowest BCUT2D eigenvalue weighted by atomic mass is 10.1. The Morgan fingerprint density at radius 2 is 1.66 bits per heavy atom. The van der Waals surface area contributed by atoms with Crippen molar-refractivity contribution in [1.29, 1.82) is 0 Å². The summed E-state index contributed by atoms with van der Waals surface area (Å²) in [5, 5.41) is 3.24. The van der Waals surface area contributed by atoms with Crippen molar-refractivity contribution >= 4 is 17.5 Å². The van der Waals surface area contributed by atoms with Crippen molar-refractivity contribution in [2.75, 3.05) is 0 Å². The predicted octanol–water partition coefficient (Wildman–Crippen LogP) is 7.49. The molecule has 3 aromatic carbocycles. The molecule has 0 saturated carbocycles. The maximum Gasteiger partial charge on any atom is 0.418 e. The van der Waals surface area contributed by atoms with Crippen LogP contribution in [-0.4, -0.2) is 10.5 Å². The minimum atomic E-state index is -4.53. The van der Waals surface area contributed by atoms with Gasteiger partial charge in [-0.25, -0.2) is 0 Å². The van der Waals surface area contributed by atoms with Crippen molar-refractivity contribution in [3.63, 3.8) is 0 Å². The van der Waals surface area contributed by atoms with E-state index in [0.29, 0.717) is 33.5 Å². The van der Waals surface area contributed by atoms with Gasteiger partial charge in [-0.2, -0.15) is 13.2 Å². The Balaban J connectivity index is 1.60. The number of benzene rings is 3. The number of para-hydroxylation sites is 2. The Kier molecular flexibility index (Phi) is 6.89. The second-order valence-electron chi connectivity index (χ2n) is 7.95. The summed E-state index contributed by atoms with van der Waals surface area (Å²) in [5.74, 6) is 0.683. The molecule has 35 heavy (non-hydrogen) atoms. The normalized spacial score (nSPS) is 11.4. The Bertz CT molecular complexity index is 1360. The first-order chi connectivity index (χ1) is 16.7. The molecule has 0 saturated heterocycles. The maximum absolute atomic E-state index is 13.6. The summed E-state index contributed by atoms with van der Waals surface area (Å²) in [6.45, 7) is 3.36. The standard InChI is InChI=1S/C27H22ClF3N2O2/c1-17-15-20(18(2)33(17)24-13-7-6-11-22(24)27(29,30)31)26(34)32-16-21-23(28)12-8-14-25(21)35-19-9-4-3-5-10-19/h3-15H,16H2,1-2H3,(H,32,34). The highest BCUT2D eigenvalue weighted by molar-refractivity contribution is 6.31. The molecule has 0 aliphatic rings. The molecule has 1 heterocycles. The molecule has 1 amide bonds. The Morgan fingerprint density at radius 3 is 2.37 bits per heavy atom. The molecule has 0 bridgehead atoms. The SMILES string of the molecule is Cc1cc(C(=O)NCc2c(Cl)cccc2Oc2ccccc2)c(C)n1-c1ccccc1C(F)(F)F. The van der Waals surface area contributed by atoms with Gasteiger partial charge in [-0.1, -0.05) is 48.0 Å². The Hall–Kier alpha value is -3.71. The van der Waals surface area contributed by atoms with Crippen molar-refractivity contribution in [1.82, 2.24) is 9.88 Å². The van der Waals surface area contributed by atoms with E-state index in [4.69, 9.17) is 16.3 Å². The molecular formula is C27H22ClF3N2O2. The van der Waals surface area contributed by atoms with Crippen molar-refractivity contribution < 1.29 is 22.7 Å². The molecule has 0 aliphatic carbocycles. The van der Waals surface area contributed by atoms with Crippen molar-refractivity contribution in [2.45, 2.75) is 26.6 Å². The fourth-order valence-electron chi connectivity index (χ4n) is 3.96. The zero-order valence-electron chi connectivity index (χ0n) is 19.0.